The number of primary amides is 1. The van der Waals surface area contributed by atoms with Crippen LogP contribution in [0.1, 0.15) is 15.9 Å². The third kappa shape index (κ3) is 2.97. The average Bonchev–Trinajstić information content (AvgIpc) is 2.87. The molecule has 0 radical (unpaired) electrons. The van der Waals surface area contributed by atoms with Gasteiger partial charge in [-0.25, -0.2) is 0 Å². The van der Waals surface area contributed by atoms with E-state index in [9.17, 15) is 4.79 Å². The topological polar surface area (TPSA) is 78.3 Å². The number of nitrogens with two attached hydrogens (primary N) is 2. The first-order valence-corrected chi connectivity index (χ1v) is 7.58. The maximum Gasteiger partial charge on any atom is 0.252 e. The Hall–Kier alpha value is -2.14. The number of nitrogen functional groups attached to an aromatic ring is 1. The second kappa shape index (κ2) is 5.69. The van der Waals surface area contributed by atoms with E-state index in [0.717, 1.165) is 6.42 Å². The second-order valence-corrected chi connectivity index (χ2v) is 6.32. The van der Waals surface area contributed by atoms with Crippen molar-refractivity contribution in [3.63, 3.8) is 0 Å². The molecule has 1 amide bonds. The van der Waals surface area contributed by atoms with Crippen molar-refractivity contribution in [1.82, 2.24) is 0 Å². The summed E-state index contributed by atoms with van der Waals surface area (Å²) in [6, 6.07) is 13.2. The summed E-state index contributed by atoms with van der Waals surface area (Å²) in [5.74, 6) is -0.0496. The molecule has 4 nitrogen and oxygen atoms in total. The van der Waals surface area contributed by atoms with Crippen LogP contribution in [-0.4, -0.2) is 17.8 Å². The summed E-state index contributed by atoms with van der Waals surface area (Å²) >= 11 is 1.80. The Morgan fingerprint density at radius 3 is 2.86 bits per heavy atom. The van der Waals surface area contributed by atoms with Crippen LogP contribution in [0.15, 0.2) is 47.4 Å². The molecule has 5 heteroatoms. The van der Waals surface area contributed by atoms with Gasteiger partial charge in [-0.05, 0) is 30.2 Å². The molecule has 108 valence electrons. The number of fused-ring (bicyclic) bond motifs is 1. The number of carbonyl (C=O) groups is 1. The van der Waals surface area contributed by atoms with Gasteiger partial charge in [0.1, 0.15) is 12.4 Å². The predicted octanol–water partition coefficient (Wildman–Crippen LogP) is 2.46. The van der Waals surface area contributed by atoms with Crippen molar-refractivity contribution in [3.05, 3.63) is 53.6 Å². The molecule has 0 bridgehead atoms. The lowest BCUT2D eigenvalue weighted by atomic mass is 10.1. The minimum absolute atomic E-state index is 0.338. The van der Waals surface area contributed by atoms with Gasteiger partial charge in [-0.15, -0.1) is 11.8 Å². The third-order valence-corrected chi connectivity index (χ3v) is 4.70. The molecule has 0 fully saturated rings. The molecule has 3 rings (SSSR count). The van der Waals surface area contributed by atoms with Crippen LogP contribution in [0.2, 0.25) is 0 Å². The Balaban J connectivity index is 1.69. The van der Waals surface area contributed by atoms with Gasteiger partial charge < -0.3 is 16.2 Å². The molecule has 0 aliphatic carbocycles. The number of ether oxygens (including phenoxy) is 1. The Bertz CT molecular complexity index is 663. The van der Waals surface area contributed by atoms with E-state index < -0.39 is 5.91 Å². The second-order valence-electron chi connectivity index (χ2n) is 4.98. The van der Waals surface area contributed by atoms with Crippen LogP contribution >= 0.6 is 11.8 Å². The number of thioether (sulfide) groups is 1. The Morgan fingerprint density at radius 2 is 2.10 bits per heavy atom. The van der Waals surface area contributed by atoms with E-state index in [2.05, 4.69) is 12.1 Å². The monoisotopic (exact) mass is 300 g/mol. The molecule has 1 aliphatic heterocycles. The number of benzene rings is 2. The highest BCUT2D eigenvalue weighted by Gasteiger charge is 2.23. The van der Waals surface area contributed by atoms with Crippen LogP contribution < -0.4 is 16.2 Å². The van der Waals surface area contributed by atoms with Crippen molar-refractivity contribution in [1.29, 1.82) is 0 Å². The van der Waals surface area contributed by atoms with Gasteiger partial charge in [0.2, 0.25) is 0 Å². The molecule has 0 aromatic heterocycles. The third-order valence-electron chi connectivity index (χ3n) is 3.41. The van der Waals surface area contributed by atoms with Crippen molar-refractivity contribution in [3.8, 4) is 5.75 Å². The highest BCUT2D eigenvalue weighted by atomic mass is 32.2. The first-order valence-electron chi connectivity index (χ1n) is 6.70. The summed E-state index contributed by atoms with van der Waals surface area (Å²) < 4.78 is 5.79. The van der Waals surface area contributed by atoms with Crippen LogP contribution in [0.5, 0.6) is 5.75 Å². The van der Waals surface area contributed by atoms with E-state index in [4.69, 9.17) is 16.2 Å². The van der Waals surface area contributed by atoms with Crippen LogP contribution in [-0.2, 0) is 6.42 Å². The van der Waals surface area contributed by atoms with Gasteiger partial charge in [0.25, 0.3) is 5.91 Å². The quantitative estimate of drug-likeness (QED) is 0.850. The molecular weight excluding hydrogens is 284 g/mol. The SMILES string of the molecule is NC(=O)c1ccc(N)cc1OCC1Cc2ccccc2S1. The lowest BCUT2D eigenvalue weighted by molar-refractivity contribution is 0.0996. The number of carbonyl (C=O) groups excluding carboxylic acids is 1. The van der Waals surface area contributed by atoms with E-state index in [1.165, 1.54) is 10.5 Å². The smallest absolute Gasteiger partial charge is 0.252 e. The zero-order valence-electron chi connectivity index (χ0n) is 11.4. The highest BCUT2D eigenvalue weighted by Crippen LogP contribution is 2.37. The summed E-state index contributed by atoms with van der Waals surface area (Å²) in [6.45, 7) is 0.517. The molecule has 4 N–H and O–H groups in total. The maximum atomic E-state index is 11.4. The highest BCUT2D eigenvalue weighted by molar-refractivity contribution is 8.00. The number of hydrogen-bond acceptors (Lipinski definition) is 4. The van der Waals surface area contributed by atoms with Crippen LogP contribution in [0.3, 0.4) is 0 Å². The fourth-order valence-corrected chi connectivity index (χ4v) is 3.61. The average molecular weight is 300 g/mol. The molecule has 2 aromatic rings. The van der Waals surface area contributed by atoms with Gasteiger partial charge >= 0.3 is 0 Å². The van der Waals surface area contributed by atoms with Crippen molar-refractivity contribution < 1.29 is 9.53 Å². The lowest BCUT2D eigenvalue weighted by Gasteiger charge is -2.13. The fraction of sp³-hybridized carbons (Fsp3) is 0.188. The van der Waals surface area contributed by atoms with E-state index in [1.54, 1.807) is 30.0 Å². The molecule has 0 saturated carbocycles. The van der Waals surface area contributed by atoms with Crippen molar-refractivity contribution in [2.75, 3.05) is 12.3 Å². The molecule has 2 aromatic carbocycles. The first kappa shape index (κ1) is 13.8. The molecule has 0 spiro atoms. The van der Waals surface area contributed by atoms with Crippen LogP contribution in [0.4, 0.5) is 5.69 Å². The summed E-state index contributed by atoms with van der Waals surface area (Å²) in [5.41, 5.74) is 13.4. The molecule has 1 heterocycles. The zero-order valence-corrected chi connectivity index (χ0v) is 12.2. The first-order chi connectivity index (χ1) is 10.1. The minimum Gasteiger partial charge on any atom is -0.491 e. The van der Waals surface area contributed by atoms with E-state index in [-0.39, 0.29) is 0 Å². The van der Waals surface area contributed by atoms with E-state index >= 15 is 0 Å². The van der Waals surface area contributed by atoms with Crippen molar-refractivity contribution in [2.24, 2.45) is 5.73 Å². The minimum atomic E-state index is -0.507. The lowest BCUT2D eigenvalue weighted by Crippen LogP contribution is -2.17. The van der Waals surface area contributed by atoms with Crippen LogP contribution in [0.25, 0.3) is 0 Å². The Morgan fingerprint density at radius 1 is 1.29 bits per heavy atom. The van der Waals surface area contributed by atoms with Gasteiger partial charge in [-0.1, -0.05) is 18.2 Å². The number of anilines is 1. The predicted molar refractivity (Wildman–Crippen MR) is 84.7 cm³/mol. The van der Waals surface area contributed by atoms with Gasteiger partial charge in [0, 0.05) is 21.9 Å². The van der Waals surface area contributed by atoms with Gasteiger partial charge in [-0.2, -0.15) is 0 Å². The van der Waals surface area contributed by atoms with Crippen molar-refractivity contribution in [2.45, 2.75) is 16.6 Å². The standard InChI is InChI=1S/C16H16N2O2S/c17-11-5-6-13(16(18)19)14(8-11)20-9-12-7-10-3-1-2-4-15(10)21-12/h1-6,8,12H,7,9,17H2,(H2,18,19). The van der Waals surface area contributed by atoms with E-state index in [0.29, 0.717) is 28.9 Å². The summed E-state index contributed by atoms with van der Waals surface area (Å²) in [5, 5.41) is 0.338. The van der Waals surface area contributed by atoms with Crippen LogP contribution in [0, 0.1) is 0 Å². The molecule has 0 saturated heterocycles. The Labute approximate surface area is 127 Å². The molecule has 1 aliphatic rings. The zero-order chi connectivity index (χ0) is 14.8. The summed E-state index contributed by atoms with van der Waals surface area (Å²) in [7, 11) is 0. The number of rotatable bonds is 4. The Kier molecular flexibility index (Phi) is 3.75. The van der Waals surface area contributed by atoms with Gasteiger partial charge in [-0.3, -0.25) is 4.79 Å². The largest absolute Gasteiger partial charge is 0.491 e. The molecule has 1 atom stereocenters. The van der Waals surface area contributed by atoms with Crippen molar-refractivity contribution >= 4 is 23.4 Å². The fourth-order valence-electron chi connectivity index (χ4n) is 2.39. The molecule has 1 unspecified atom stereocenters. The van der Waals surface area contributed by atoms with E-state index in [1.807, 2.05) is 12.1 Å². The maximum absolute atomic E-state index is 11.4. The summed E-state index contributed by atoms with van der Waals surface area (Å²) in [6.07, 6.45) is 0.967. The van der Waals surface area contributed by atoms with Gasteiger partial charge in [0.15, 0.2) is 0 Å². The van der Waals surface area contributed by atoms with Gasteiger partial charge in [0.05, 0.1) is 5.56 Å². The molecular formula is C16H16N2O2S. The molecule has 21 heavy (non-hydrogen) atoms. The number of amides is 1. The number of hydrogen-bond donors (Lipinski definition) is 2. The summed E-state index contributed by atoms with van der Waals surface area (Å²) in [4.78, 5) is 12.7. The normalized spacial score (nSPS) is 16.5.